The number of thiazole rings is 1. The number of anilines is 1. The van der Waals surface area contributed by atoms with Crippen LogP contribution in [0.25, 0.3) is 0 Å². The molecule has 2 aromatic rings. The van der Waals surface area contributed by atoms with Crippen molar-refractivity contribution in [2.45, 2.75) is 26.5 Å². The van der Waals surface area contributed by atoms with E-state index in [1.54, 1.807) is 18.3 Å². The fraction of sp³-hybridized carbons (Fsp3) is 0.357. The summed E-state index contributed by atoms with van der Waals surface area (Å²) in [5.74, 6) is 0. The predicted octanol–water partition coefficient (Wildman–Crippen LogP) is 3.90. The lowest BCUT2D eigenvalue weighted by Crippen LogP contribution is -2.16. The number of aliphatic hydroxyl groups excluding tert-OH is 1. The minimum atomic E-state index is -0.461. The Labute approximate surface area is 126 Å². The molecule has 1 aromatic heterocycles. The number of halogens is 1. The first kappa shape index (κ1) is 14.5. The van der Waals surface area contributed by atoms with Crippen LogP contribution in [0.3, 0.4) is 0 Å². The van der Waals surface area contributed by atoms with E-state index in [1.807, 2.05) is 30.6 Å². The number of benzene rings is 1. The average molecular weight is 341 g/mol. The molecular formula is C14H17BrN2OS. The van der Waals surface area contributed by atoms with Crippen molar-refractivity contribution in [2.24, 2.45) is 0 Å². The Kier molecular flexibility index (Phi) is 4.60. The van der Waals surface area contributed by atoms with Crippen LogP contribution < -0.4 is 4.90 Å². The Morgan fingerprint density at radius 1 is 1.47 bits per heavy atom. The molecule has 0 radical (unpaired) electrons. The third kappa shape index (κ3) is 3.35. The van der Waals surface area contributed by atoms with Gasteiger partial charge in [0.1, 0.15) is 0 Å². The summed E-state index contributed by atoms with van der Waals surface area (Å²) in [5, 5.41) is 9.63. The summed E-state index contributed by atoms with van der Waals surface area (Å²) in [4.78, 5) is 7.72. The zero-order valence-electron chi connectivity index (χ0n) is 11.2. The van der Waals surface area contributed by atoms with Crippen LogP contribution in [0.15, 0.2) is 28.2 Å². The smallest absolute Gasteiger partial charge is 0.0798 e. The molecule has 0 aliphatic carbocycles. The molecule has 0 bridgehead atoms. The van der Waals surface area contributed by atoms with E-state index < -0.39 is 6.10 Å². The van der Waals surface area contributed by atoms with E-state index in [9.17, 15) is 5.11 Å². The number of nitrogens with zero attached hydrogens (tertiary/aromatic N) is 2. The fourth-order valence-corrected chi connectivity index (χ4v) is 3.40. The first-order chi connectivity index (χ1) is 8.99. The topological polar surface area (TPSA) is 36.4 Å². The van der Waals surface area contributed by atoms with Gasteiger partial charge in [-0.25, -0.2) is 4.98 Å². The zero-order valence-corrected chi connectivity index (χ0v) is 13.6. The number of rotatable bonds is 4. The van der Waals surface area contributed by atoms with Crippen molar-refractivity contribution < 1.29 is 5.11 Å². The molecule has 2 rings (SSSR count). The molecule has 3 nitrogen and oxygen atoms in total. The van der Waals surface area contributed by atoms with E-state index in [2.05, 4.69) is 32.9 Å². The Balaban J connectivity index is 2.18. The van der Waals surface area contributed by atoms with Crippen molar-refractivity contribution in [3.63, 3.8) is 0 Å². The molecule has 0 saturated heterocycles. The highest BCUT2D eigenvalue weighted by atomic mass is 79.9. The lowest BCUT2D eigenvalue weighted by atomic mass is 10.1. The van der Waals surface area contributed by atoms with Gasteiger partial charge in [-0.3, -0.25) is 0 Å². The Hall–Kier alpha value is -0.910. The van der Waals surface area contributed by atoms with Gasteiger partial charge in [-0.05, 0) is 31.5 Å². The highest BCUT2D eigenvalue weighted by molar-refractivity contribution is 9.10. The van der Waals surface area contributed by atoms with E-state index in [0.717, 1.165) is 28.0 Å². The summed E-state index contributed by atoms with van der Waals surface area (Å²) in [5.41, 5.74) is 5.00. The van der Waals surface area contributed by atoms with E-state index >= 15 is 0 Å². The Morgan fingerprint density at radius 2 is 2.21 bits per heavy atom. The highest BCUT2D eigenvalue weighted by Gasteiger charge is 2.10. The van der Waals surface area contributed by atoms with Crippen molar-refractivity contribution in [1.29, 1.82) is 0 Å². The van der Waals surface area contributed by atoms with Gasteiger partial charge in [-0.1, -0.05) is 22.0 Å². The maximum Gasteiger partial charge on any atom is 0.0798 e. The number of hydrogen-bond acceptors (Lipinski definition) is 4. The molecule has 19 heavy (non-hydrogen) atoms. The van der Waals surface area contributed by atoms with Crippen LogP contribution in [0, 0.1) is 6.92 Å². The minimum Gasteiger partial charge on any atom is -0.389 e. The monoisotopic (exact) mass is 340 g/mol. The number of hydrogen-bond donors (Lipinski definition) is 1. The highest BCUT2D eigenvalue weighted by Crippen LogP contribution is 2.29. The van der Waals surface area contributed by atoms with Gasteiger partial charge in [0.2, 0.25) is 0 Å². The van der Waals surface area contributed by atoms with Crippen LogP contribution in [0.2, 0.25) is 0 Å². The zero-order chi connectivity index (χ0) is 14.0. The summed E-state index contributed by atoms with van der Waals surface area (Å²) in [6.07, 6.45) is -0.461. The van der Waals surface area contributed by atoms with Gasteiger partial charge in [0, 0.05) is 22.1 Å². The molecule has 1 atom stereocenters. The predicted molar refractivity (Wildman–Crippen MR) is 83.7 cm³/mol. The van der Waals surface area contributed by atoms with Crippen molar-refractivity contribution in [2.75, 3.05) is 11.9 Å². The van der Waals surface area contributed by atoms with E-state index in [4.69, 9.17) is 0 Å². The summed E-state index contributed by atoms with van der Waals surface area (Å²) in [6.45, 7) is 4.65. The second-order valence-electron chi connectivity index (χ2n) is 4.60. The average Bonchev–Trinajstić information content (AvgIpc) is 2.74. The first-order valence-electron chi connectivity index (χ1n) is 6.06. The molecular weight excluding hydrogens is 324 g/mol. The van der Waals surface area contributed by atoms with Gasteiger partial charge in [-0.15, -0.1) is 11.3 Å². The minimum absolute atomic E-state index is 0.461. The third-order valence-electron chi connectivity index (χ3n) is 3.10. The van der Waals surface area contributed by atoms with Gasteiger partial charge >= 0.3 is 0 Å². The molecule has 0 fully saturated rings. The largest absolute Gasteiger partial charge is 0.389 e. The summed E-state index contributed by atoms with van der Waals surface area (Å²) < 4.78 is 0.938. The van der Waals surface area contributed by atoms with E-state index in [0.29, 0.717) is 0 Å². The van der Waals surface area contributed by atoms with Crippen LogP contribution in [-0.4, -0.2) is 17.1 Å². The molecule has 0 aliphatic rings. The molecule has 5 heteroatoms. The summed E-state index contributed by atoms with van der Waals surface area (Å²) in [6, 6.07) is 6.03. The van der Waals surface area contributed by atoms with Crippen molar-refractivity contribution in [3.05, 3.63) is 44.3 Å². The van der Waals surface area contributed by atoms with Gasteiger partial charge in [0.05, 0.1) is 23.9 Å². The number of aryl methyl sites for hydroxylation is 1. The first-order valence-corrected chi connectivity index (χ1v) is 7.74. The second-order valence-corrected chi connectivity index (χ2v) is 6.39. The van der Waals surface area contributed by atoms with Crippen LogP contribution in [0.4, 0.5) is 5.69 Å². The maximum absolute atomic E-state index is 9.63. The molecule has 0 aliphatic heterocycles. The molecule has 0 saturated carbocycles. The quantitative estimate of drug-likeness (QED) is 0.916. The molecule has 102 valence electrons. The molecule has 1 N–H and O–H groups in total. The fourth-order valence-electron chi connectivity index (χ4n) is 1.88. The Bertz CT molecular complexity index is 568. The lowest BCUT2D eigenvalue weighted by molar-refractivity contribution is 0.198. The van der Waals surface area contributed by atoms with Crippen LogP contribution >= 0.6 is 27.3 Å². The molecule has 0 unspecified atom stereocenters. The number of aromatic nitrogens is 1. The van der Waals surface area contributed by atoms with Gasteiger partial charge in [0.25, 0.3) is 0 Å². The molecule has 0 spiro atoms. The van der Waals surface area contributed by atoms with Crippen LogP contribution in [0.1, 0.15) is 29.2 Å². The molecule has 1 heterocycles. The normalized spacial score (nSPS) is 12.5. The summed E-state index contributed by atoms with van der Waals surface area (Å²) >= 11 is 5.19. The number of aliphatic hydroxyl groups is 1. The lowest BCUT2D eigenvalue weighted by Gasteiger charge is -2.20. The van der Waals surface area contributed by atoms with E-state index in [-0.39, 0.29) is 0 Å². The van der Waals surface area contributed by atoms with Crippen molar-refractivity contribution in [3.8, 4) is 0 Å². The standard InChI is InChI=1S/C14H17BrN2OS/c1-9-14(19-8-16-9)7-17(3)11-4-5-12(10(2)18)13(15)6-11/h4-6,8,10,18H,7H2,1-3H3/t10-/m0/s1. The summed E-state index contributed by atoms with van der Waals surface area (Å²) in [7, 11) is 2.06. The van der Waals surface area contributed by atoms with Crippen molar-refractivity contribution >= 4 is 33.0 Å². The van der Waals surface area contributed by atoms with Gasteiger partial charge in [-0.2, -0.15) is 0 Å². The van der Waals surface area contributed by atoms with Crippen LogP contribution in [0.5, 0.6) is 0 Å². The maximum atomic E-state index is 9.63. The molecule has 0 amide bonds. The van der Waals surface area contributed by atoms with Crippen molar-refractivity contribution in [1.82, 2.24) is 4.98 Å². The van der Waals surface area contributed by atoms with Gasteiger partial charge < -0.3 is 10.0 Å². The van der Waals surface area contributed by atoms with E-state index in [1.165, 1.54) is 4.88 Å². The van der Waals surface area contributed by atoms with Crippen LogP contribution in [-0.2, 0) is 6.54 Å². The molecule has 1 aromatic carbocycles. The SMILES string of the molecule is Cc1ncsc1CN(C)c1ccc([C@H](C)O)c(Br)c1. The Morgan fingerprint density at radius 3 is 2.74 bits per heavy atom. The van der Waals surface area contributed by atoms with Gasteiger partial charge in [0.15, 0.2) is 0 Å². The third-order valence-corrected chi connectivity index (χ3v) is 4.71. The second kappa shape index (κ2) is 6.03.